The zero-order chi connectivity index (χ0) is 23.2. The molecule has 0 aliphatic carbocycles. The predicted octanol–water partition coefficient (Wildman–Crippen LogP) is 3.34. The van der Waals surface area contributed by atoms with Gasteiger partial charge in [0, 0.05) is 12.2 Å². The van der Waals surface area contributed by atoms with Crippen molar-refractivity contribution in [1.29, 1.82) is 0 Å². The molecule has 168 valence electrons. The number of primary sulfonamides is 1. The van der Waals surface area contributed by atoms with E-state index in [2.05, 4.69) is 0 Å². The smallest absolute Gasteiger partial charge is 0.416 e. The molecule has 2 aromatic carbocycles. The average molecular weight is 468 g/mol. The number of ether oxygens (including phenoxy) is 1. The van der Waals surface area contributed by atoms with Crippen molar-refractivity contribution in [3.63, 3.8) is 0 Å². The van der Waals surface area contributed by atoms with E-state index in [1.807, 2.05) is 0 Å². The standard InChI is InChI=1S/C18H14F6N2O4S/c19-17(20,21)11-6-12(18(22,23)24)8-13(7-11)30-9-16(27)26-4-3-10-5-14(31(25,28)29)1-2-15(10)26/h1-2,5-8H,3-4,9H2,(H2,25,28,29). The van der Waals surface area contributed by atoms with Gasteiger partial charge in [-0.3, -0.25) is 4.79 Å². The van der Waals surface area contributed by atoms with E-state index in [1.54, 1.807) is 0 Å². The molecule has 31 heavy (non-hydrogen) atoms. The molecule has 13 heteroatoms. The predicted molar refractivity (Wildman–Crippen MR) is 95.8 cm³/mol. The van der Waals surface area contributed by atoms with Crippen molar-refractivity contribution in [1.82, 2.24) is 0 Å². The zero-order valence-corrected chi connectivity index (χ0v) is 16.2. The second kappa shape index (κ2) is 7.71. The van der Waals surface area contributed by atoms with Crippen LogP contribution in [0.2, 0.25) is 0 Å². The molecular formula is C18H14F6N2O4S. The summed E-state index contributed by atoms with van der Waals surface area (Å²) in [4.78, 5) is 13.5. The van der Waals surface area contributed by atoms with Gasteiger partial charge < -0.3 is 9.64 Å². The zero-order valence-electron chi connectivity index (χ0n) is 15.4. The lowest BCUT2D eigenvalue weighted by molar-refractivity contribution is -0.143. The molecule has 3 rings (SSSR count). The summed E-state index contributed by atoms with van der Waals surface area (Å²) in [6.45, 7) is -0.697. The van der Waals surface area contributed by atoms with Crippen LogP contribution in [0.1, 0.15) is 16.7 Å². The largest absolute Gasteiger partial charge is 0.484 e. The summed E-state index contributed by atoms with van der Waals surface area (Å²) >= 11 is 0. The van der Waals surface area contributed by atoms with Crippen molar-refractivity contribution in [3.8, 4) is 5.75 Å². The molecule has 0 fully saturated rings. The maximum atomic E-state index is 12.9. The maximum Gasteiger partial charge on any atom is 0.416 e. The number of fused-ring (bicyclic) bond motifs is 1. The Morgan fingerprint density at radius 1 is 1.00 bits per heavy atom. The lowest BCUT2D eigenvalue weighted by Crippen LogP contribution is -2.33. The van der Waals surface area contributed by atoms with Crippen LogP contribution in [0.4, 0.5) is 32.0 Å². The number of rotatable bonds is 4. The lowest BCUT2D eigenvalue weighted by Gasteiger charge is -2.19. The Hall–Kier alpha value is -2.80. The molecule has 1 heterocycles. The van der Waals surface area contributed by atoms with Crippen molar-refractivity contribution in [2.45, 2.75) is 23.7 Å². The number of nitrogens with two attached hydrogens (primary N) is 1. The van der Waals surface area contributed by atoms with E-state index in [4.69, 9.17) is 9.88 Å². The molecule has 1 aliphatic rings. The van der Waals surface area contributed by atoms with Gasteiger partial charge >= 0.3 is 12.4 Å². The second-order valence-electron chi connectivity index (χ2n) is 6.66. The maximum absolute atomic E-state index is 12.9. The van der Waals surface area contributed by atoms with Crippen LogP contribution < -0.4 is 14.8 Å². The van der Waals surface area contributed by atoms with E-state index >= 15 is 0 Å². The van der Waals surface area contributed by atoms with Crippen molar-refractivity contribution < 1.29 is 44.3 Å². The van der Waals surface area contributed by atoms with Crippen LogP contribution in [-0.4, -0.2) is 27.5 Å². The fourth-order valence-electron chi connectivity index (χ4n) is 3.05. The van der Waals surface area contributed by atoms with Gasteiger partial charge in [-0.1, -0.05) is 0 Å². The van der Waals surface area contributed by atoms with Crippen LogP contribution in [-0.2, 0) is 33.6 Å². The van der Waals surface area contributed by atoms with E-state index in [0.717, 1.165) is 0 Å². The molecule has 1 amide bonds. The number of hydrogen-bond donors (Lipinski definition) is 1. The summed E-state index contributed by atoms with van der Waals surface area (Å²) in [7, 11) is -3.95. The first-order valence-electron chi connectivity index (χ1n) is 8.54. The minimum atomic E-state index is -5.04. The summed E-state index contributed by atoms with van der Waals surface area (Å²) in [5.41, 5.74) is -2.28. The Labute approximate surface area is 172 Å². The third kappa shape index (κ3) is 5.10. The van der Waals surface area contributed by atoms with E-state index in [9.17, 15) is 39.6 Å². The molecule has 0 saturated carbocycles. The summed E-state index contributed by atoms with van der Waals surface area (Å²) in [6, 6.07) is 4.52. The molecule has 0 unspecified atom stereocenters. The molecule has 0 aromatic heterocycles. The molecule has 0 atom stereocenters. The van der Waals surface area contributed by atoms with Gasteiger partial charge in [0.25, 0.3) is 5.91 Å². The molecule has 0 saturated heterocycles. The highest BCUT2D eigenvalue weighted by atomic mass is 32.2. The quantitative estimate of drug-likeness (QED) is 0.698. The van der Waals surface area contributed by atoms with Crippen LogP contribution in [0.25, 0.3) is 0 Å². The summed E-state index contributed by atoms with van der Waals surface area (Å²) < 4.78 is 105. The lowest BCUT2D eigenvalue weighted by atomic mass is 10.1. The van der Waals surface area contributed by atoms with Gasteiger partial charge in [-0.05, 0) is 48.4 Å². The van der Waals surface area contributed by atoms with Gasteiger partial charge in [0.1, 0.15) is 5.75 Å². The van der Waals surface area contributed by atoms with Gasteiger partial charge in [-0.15, -0.1) is 0 Å². The Morgan fingerprint density at radius 3 is 2.10 bits per heavy atom. The Kier molecular flexibility index (Phi) is 5.69. The number of halogens is 6. The van der Waals surface area contributed by atoms with Crippen molar-refractivity contribution in [3.05, 3.63) is 53.1 Å². The van der Waals surface area contributed by atoms with E-state index < -0.39 is 51.8 Å². The number of nitrogens with zero attached hydrogens (tertiary/aromatic N) is 1. The van der Waals surface area contributed by atoms with Crippen LogP contribution in [0.15, 0.2) is 41.3 Å². The van der Waals surface area contributed by atoms with Crippen molar-refractivity contribution in [2.75, 3.05) is 18.1 Å². The Balaban J connectivity index is 1.80. The molecule has 0 radical (unpaired) electrons. The first-order chi connectivity index (χ1) is 14.2. The number of anilines is 1. The first-order valence-corrected chi connectivity index (χ1v) is 10.1. The Morgan fingerprint density at radius 2 is 1.58 bits per heavy atom. The van der Waals surface area contributed by atoms with Gasteiger partial charge in [-0.2, -0.15) is 26.3 Å². The van der Waals surface area contributed by atoms with E-state index in [1.165, 1.54) is 23.1 Å². The van der Waals surface area contributed by atoms with Crippen molar-refractivity contribution in [2.24, 2.45) is 5.14 Å². The average Bonchev–Trinajstić information content (AvgIpc) is 3.07. The second-order valence-corrected chi connectivity index (χ2v) is 8.22. The van der Waals surface area contributed by atoms with Crippen LogP contribution in [0.5, 0.6) is 5.75 Å². The van der Waals surface area contributed by atoms with E-state index in [-0.39, 0.29) is 23.9 Å². The monoisotopic (exact) mass is 468 g/mol. The van der Waals surface area contributed by atoms with Gasteiger partial charge in [-0.25, -0.2) is 13.6 Å². The summed E-state index contributed by atoms with van der Waals surface area (Å²) in [5.74, 6) is -1.49. The number of hydrogen-bond acceptors (Lipinski definition) is 4. The fraction of sp³-hybridized carbons (Fsp3) is 0.278. The molecule has 1 aliphatic heterocycles. The van der Waals surface area contributed by atoms with Gasteiger partial charge in [0.15, 0.2) is 6.61 Å². The fourth-order valence-corrected chi connectivity index (χ4v) is 3.61. The minimum Gasteiger partial charge on any atom is -0.484 e. The highest BCUT2D eigenvalue weighted by Gasteiger charge is 2.37. The number of alkyl halides is 6. The molecule has 2 aromatic rings. The molecule has 2 N–H and O–H groups in total. The molecular weight excluding hydrogens is 454 g/mol. The first kappa shape index (κ1) is 22.9. The highest BCUT2D eigenvalue weighted by Crippen LogP contribution is 2.38. The number of sulfonamides is 1. The van der Waals surface area contributed by atoms with Crippen molar-refractivity contribution >= 4 is 21.6 Å². The Bertz CT molecular complexity index is 1100. The molecule has 0 spiro atoms. The number of amides is 1. The van der Waals surface area contributed by atoms with Crippen LogP contribution >= 0.6 is 0 Å². The summed E-state index contributed by atoms with van der Waals surface area (Å²) in [5, 5.41) is 5.05. The van der Waals surface area contributed by atoms with Gasteiger partial charge in [0.2, 0.25) is 10.0 Å². The highest BCUT2D eigenvalue weighted by molar-refractivity contribution is 7.89. The topological polar surface area (TPSA) is 89.7 Å². The molecule has 0 bridgehead atoms. The minimum absolute atomic E-state index is 0.0471. The number of carbonyl (C=O) groups excluding carboxylic acids is 1. The van der Waals surface area contributed by atoms with Crippen LogP contribution in [0.3, 0.4) is 0 Å². The third-order valence-electron chi connectivity index (χ3n) is 4.50. The van der Waals surface area contributed by atoms with Crippen LogP contribution in [0, 0.1) is 0 Å². The third-order valence-corrected chi connectivity index (χ3v) is 5.41. The normalized spacial score (nSPS) is 14.5. The number of benzene rings is 2. The summed E-state index contributed by atoms with van der Waals surface area (Å²) in [6.07, 6.45) is -9.80. The van der Waals surface area contributed by atoms with E-state index in [0.29, 0.717) is 23.4 Å². The van der Waals surface area contributed by atoms with Gasteiger partial charge in [0.05, 0.1) is 16.0 Å². The number of carbonyl (C=O) groups is 1. The SMILES string of the molecule is NS(=O)(=O)c1ccc2c(c1)CCN2C(=O)COc1cc(C(F)(F)F)cc(C(F)(F)F)c1. The molecule has 6 nitrogen and oxygen atoms in total.